The highest BCUT2D eigenvalue weighted by molar-refractivity contribution is 7.14. The lowest BCUT2D eigenvalue weighted by atomic mass is 9.95. The fraction of sp³-hybridized carbons (Fsp3) is 0.269. The highest BCUT2D eigenvalue weighted by Crippen LogP contribution is 2.37. The van der Waals surface area contributed by atoms with Crippen molar-refractivity contribution in [3.8, 4) is 11.3 Å². The maximum Gasteiger partial charge on any atom is 0.295 e. The van der Waals surface area contributed by atoms with Crippen LogP contribution in [0.1, 0.15) is 59.6 Å². The summed E-state index contributed by atoms with van der Waals surface area (Å²) in [6, 6.07) is 9.79. The summed E-state index contributed by atoms with van der Waals surface area (Å²) in [5, 5.41) is 5.20. The first-order chi connectivity index (χ1) is 16.9. The monoisotopic (exact) mass is 487 g/mol. The highest BCUT2D eigenvalue weighted by atomic mass is 32.1. The number of carbonyl (C=O) groups excluding carboxylic acids is 2. The Bertz CT molecular complexity index is 1400. The molecule has 0 fully saturated rings. The van der Waals surface area contributed by atoms with Gasteiger partial charge in [-0.05, 0) is 49.6 Å². The molecule has 0 aliphatic carbocycles. The number of hydrogen-bond acceptors (Lipinski definition) is 7. The predicted octanol–water partition coefficient (Wildman–Crippen LogP) is 5.36. The zero-order valence-electron chi connectivity index (χ0n) is 19.7. The first-order valence-electron chi connectivity index (χ1n) is 11.5. The number of nitrogens with one attached hydrogen (secondary N) is 1. The van der Waals surface area contributed by atoms with Gasteiger partial charge in [0.15, 0.2) is 11.0 Å². The van der Waals surface area contributed by atoms with Crippen LogP contribution in [-0.2, 0) is 17.6 Å². The quantitative estimate of drug-likeness (QED) is 0.393. The van der Waals surface area contributed by atoms with Crippen molar-refractivity contribution in [2.24, 2.45) is 0 Å². The smallest absolute Gasteiger partial charge is 0.295 e. The Labute approximate surface area is 207 Å². The van der Waals surface area contributed by atoms with E-state index in [1.807, 2.05) is 48.4 Å². The van der Waals surface area contributed by atoms with E-state index in [-0.39, 0.29) is 23.6 Å². The first-order valence-corrected chi connectivity index (χ1v) is 12.4. The number of carbonyl (C=O) groups is 2. The zero-order chi connectivity index (χ0) is 24.5. The first kappa shape index (κ1) is 22.9. The molecule has 0 saturated heterocycles. The van der Waals surface area contributed by atoms with Gasteiger partial charge in [0.25, 0.3) is 5.91 Å². The topological polar surface area (TPSA) is 101 Å². The van der Waals surface area contributed by atoms with Gasteiger partial charge < -0.3 is 9.32 Å². The van der Waals surface area contributed by atoms with E-state index in [0.717, 1.165) is 28.1 Å². The molecule has 1 unspecified atom stereocenters. The van der Waals surface area contributed by atoms with Crippen molar-refractivity contribution in [2.75, 3.05) is 10.2 Å². The molecule has 1 aliphatic rings. The van der Waals surface area contributed by atoms with Crippen LogP contribution in [0.3, 0.4) is 0 Å². The van der Waals surface area contributed by atoms with Crippen molar-refractivity contribution in [1.82, 2.24) is 15.0 Å². The molecule has 0 radical (unpaired) electrons. The van der Waals surface area contributed by atoms with Gasteiger partial charge in [-0.2, -0.15) is 0 Å². The largest absolute Gasteiger partial charge is 0.435 e. The van der Waals surface area contributed by atoms with Crippen LogP contribution in [0.2, 0.25) is 0 Å². The highest BCUT2D eigenvalue weighted by Gasteiger charge is 2.29. The number of nitrogens with zero attached hydrogens (tertiary/aromatic N) is 4. The van der Waals surface area contributed by atoms with Gasteiger partial charge in [0.2, 0.25) is 11.7 Å². The number of amides is 2. The number of aromatic nitrogens is 3. The molecule has 0 saturated carbocycles. The second-order valence-corrected chi connectivity index (χ2v) is 9.30. The number of benzene rings is 1. The standard InChI is InChI=1S/C26H25N5O3S/c1-4-22-28-15(2)24(34-22)25(33)30-26-29-20(14-35-26)17-7-9-21-18(12-17)8-10-23(32)31(21)16(3)19-6-5-11-27-13-19/h5-7,9,11-14,16H,4,8,10H2,1-3H3,(H,29,30,33). The van der Waals surface area contributed by atoms with Crippen molar-refractivity contribution in [3.05, 3.63) is 76.6 Å². The molecule has 2 amide bonds. The van der Waals surface area contributed by atoms with Crippen LogP contribution in [0, 0.1) is 6.92 Å². The second kappa shape index (κ2) is 9.42. The lowest BCUT2D eigenvalue weighted by Gasteiger charge is -2.34. The molecule has 0 spiro atoms. The van der Waals surface area contributed by atoms with Gasteiger partial charge >= 0.3 is 0 Å². The Morgan fingerprint density at radius 1 is 1.26 bits per heavy atom. The lowest BCUT2D eigenvalue weighted by molar-refractivity contribution is -0.119. The Balaban J connectivity index is 1.37. The molecule has 1 N–H and O–H groups in total. The van der Waals surface area contributed by atoms with E-state index in [2.05, 4.69) is 26.3 Å². The summed E-state index contributed by atoms with van der Waals surface area (Å²) in [6.07, 6.45) is 5.28. The van der Waals surface area contributed by atoms with E-state index >= 15 is 0 Å². The molecule has 1 atom stereocenters. The normalized spacial score (nSPS) is 14.0. The average Bonchev–Trinajstić information content (AvgIpc) is 3.50. The molecule has 4 heterocycles. The van der Waals surface area contributed by atoms with E-state index in [0.29, 0.717) is 36.0 Å². The van der Waals surface area contributed by atoms with Gasteiger partial charge in [0.1, 0.15) is 0 Å². The summed E-state index contributed by atoms with van der Waals surface area (Å²) in [5.74, 6) is 0.487. The summed E-state index contributed by atoms with van der Waals surface area (Å²) >= 11 is 1.35. The lowest BCUT2D eigenvalue weighted by Crippen LogP contribution is -2.37. The Hall–Kier alpha value is -3.85. The van der Waals surface area contributed by atoms with E-state index in [1.54, 1.807) is 19.3 Å². The number of oxazole rings is 1. The number of thiazole rings is 1. The molecule has 8 nitrogen and oxygen atoms in total. The molecule has 1 aliphatic heterocycles. The summed E-state index contributed by atoms with van der Waals surface area (Å²) in [4.78, 5) is 40.4. The average molecular weight is 488 g/mol. The summed E-state index contributed by atoms with van der Waals surface area (Å²) < 4.78 is 5.54. The molecular formula is C26H25N5O3S. The molecule has 3 aromatic heterocycles. The number of rotatable bonds is 6. The number of hydrogen-bond donors (Lipinski definition) is 1. The molecule has 0 bridgehead atoms. The van der Waals surface area contributed by atoms with Crippen LogP contribution in [0.5, 0.6) is 0 Å². The van der Waals surface area contributed by atoms with Gasteiger partial charge in [-0.1, -0.05) is 19.1 Å². The number of aryl methyl sites for hydroxylation is 3. The molecule has 178 valence electrons. The molecule has 9 heteroatoms. The minimum atomic E-state index is -0.361. The van der Waals surface area contributed by atoms with Gasteiger partial charge in [-0.15, -0.1) is 11.3 Å². The third-order valence-electron chi connectivity index (χ3n) is 6.14. The summed E-state index contributed by atoms with van der Waals surface area (Å²) in [6.45, 7) is 5.70. The van der Waals surface area contributed by atoms with E-state index in [1.165, 1.54) is 11.3 Å². The van der Waals surface area contributed by atoms with Crippen LogP contribution in [0.4, 0.5) is 10.8 Å². The van der Waals surface area contributed by atoms with Gasteiger partial charge in [0.05, 0.1) is 17.4 Å². The van der Waals surface area contributed by atoms with Crippen LogP contribution >= 0.6 is 11.3 Å². The Morgan fingerprint density at radius 2 is 2.11 bits per heavy atom. The number of pyridine rings is 1. The van der Waals surface area contributed by atoms with Crippen LogP contribution < -0.4 is 10.2 Å². The number of fused-ring (bicyclic) bond motifs is 1. The van der Waals surface area contributed by atoms with Crippen molar-refractivity contribution in [2.45, 2.75) is 46.1 Å². The van der Waals surface area contributed by atoms with Gasteiger partial charge in [-0.3, -0.25) is 19.9 Å². The van der Waals surface area contributed by atoms with Crippen molar-refractivity contribution in [1.29, 1.82) is 0 Å². The fourth-order valence-corrected chi connectivity index (χ4v) is 5.02. The maximum atomic E-state index is 12.8. The maximum absolute atomic E-state index is 12.8. The second-order valence-electron chi connectivity index (χ2n) is 8.44. The third-order valence-corrected chi connectivity index (χ3v) is 6.90. The third kappa shape index (κ3) is 4.46. The van der Waals surface area contributed by atoms with Gasteiger partial charge in [0, 0.05) is 41.9 Å². The van der Waals surface area contributed by atoms with E-state index in [9.17, 15) is 9.59 Å². The van der Waals surface area contributed by atoms with Gasteiger partial charge in [-0.25, -0.2) is 9.97 Å². The molecule has 5 rings (SSSR count). The molecular weight excluding hydrogens is 462 g/mol. The van der Waals surface area contributed by atoms with E-state index in [4.69, 9.17) is 4.42 Å². The van der Waals surface area contributed by atoms with Crippen LogP contribution in [-0.4, -0.2) is 26.8 Å². The molecule has 1 aromatic carbocycles. The van der Waals surface area contributed by atoms with Crippen molar-refractivity contribution >= 4 is 34.0 Å². The van der Waals surface area contributed by atoms with Crippen LogP contribution in [0.15, 0.2) is 52.5 Å². The molecule has 4 aromatic rings. The minimum Gasteiger partial charge on any atom is -0.435 e. The predicted molar refractivity (Wildman–Crippen MR) is 135 cm³/mol. The number of anilines is 2. The Morgan fingerprint density at radius 3 is 2.86 bits per heavy atom. The fourth-order valence-electron chi connectivity index (χ4n) is 4.31. The van der Waals surface area contributed by atoms with Crippen molar-refractivity contribution in [3.63, 3.8) is 0 Å². The minimum absolute atomic E-state index is 0.106. The summed E-state index contributed by atoms with van der Waals surface area (Å²) in [7, 11) is 0. The SMILES string of the molecule is CCc1nc(C)c(C(=O)Nc2nc(-c3ccc4c(c3)CCC(=O)N4C(C)c3cccnc3)cs2)o1. The molecule has 35 heavy (non-hydrogen) atoms. The van der Waals surface area contributed by atoms with Crippen molar-refractivity contribution < 1.29 is 14.0 Å². The summed E-state index contributed by atoms with van der Waals surface area (Å²) in [5.41, 5.74) is 5.27. The Kier molecular flexibility index (Phi) is 6.17. The zero-order valence-corrected chi connectivity index (χ0v) is 20.6. The van der Waals surface area contributed by atoms with E-state index < -0.39 is 0 Å². The van der Waals surface area contributed by atoms with Crippen LogP contribution in [0.25, 0.3) is 11.3 Å².